The standard InChI is InChI=1S/C21H22N4O2S/c1-15-23-24-21(25(15)13-16-7-3-2-4-8-16)28-14-20(26)22-18-11-12-27-19-10-6-5-9-17(18)19/h2-10,18H,11-14H2,1H3,(H,22,26). The Balaban J connectivity index is 1.38. The molecule has 0 radical (unpaired) electrons. The summed E-state index contributed by atoms with van der Waals surface area (Å²) >= 11 is 1.41. The number of carbonyl (C=O) groups is 1. The van der Waals surface area contributed by atoms with Crippen LogP contribution in [-0.4, -0.2) is 33.0 Å². The number of ether oxygens (including phenoxy) is 1. The molecule has 0 bridgehead atoms. The van der Waals surface area contributed by atoms with Crippen LogP contribution in [0.3, 0.4) is 0 Å². The lowest BCUT2D eigenvalue weighted by atomic mass is 10.0. The molecule has 6 nitrogen and oxygen atoms in total. The van der Waals surface area contributed by atoms with E-state index in [0.29, 0.717) is 18.9 Å². The molecule has 1 aliphatic heterocycles. The lowest BCUT2D eigenvalue weighted by molar-refractivity contribution is -0.119. The van der Waals surface area contributed by atoms with Gasteiger partial charge in [0.15, 0.2) is 5.16 Å². The van der Waals surface area contributed by atoms with E-state index < -0.39 is 0 Å². The van der Waals surface area contributed by atoms with Crippen LogP contribution in [0.2, 0.25) is 0 Å². The molecule has 1 amide bonds. The third-order valence-corrected chi connectivity index (χ3v) is 5.68. The Hall–Kier alpha value is -2.80. The number of benzene rings is 2. The number of thioether (sulfide) groups is 1. The van der Waals surface area contributed by atoms with Crippen LogP contribution in [0.4, 0.5) is 0 Å². The van der Waals surface area contributed by atoms with Crippen molar-refractivity contribution in [2.24, 2.45) is 0 Å². The van der Waals surface area contributed by atoms with Crippen molar-refractivity contribution in [3.63, 3.8) is 0 Å². The summed E-state index contributed by atoms with van der Waals surface area (Å²) in [4.78, 5) is 12.5. The van der Waals surface area contributed by atoms with Crippen molar-refractivity contribution < 1.29 is 9.53 Å². The molecule has 2 aromatic carbocycles. The van der Waals surface area contributed by atoms with Gasteiger partial charge >= 0.3 is 0 Å². The number of rotatable bonds is 6. The molecule has 0 spiro atoms. The highest BCUT2D eigenvalue weighted by Crippen LogP contribution is 2.31. The second-order valence-electron chi connectivity index (χ2n) is 6.69. The summed E-state index contributed by atoms with van der Waals surface area (Å²) in [6, 6.07) is 18.0. The summed E-state index contributed by atoms with van der Waals surface area (Å²) in [5, 5.41) is 12.3. The second kappa shape index (κ2) is 8.48. The minimum atomic E-state index is -0.0152. The van der Waals surface area contributed by atoms with Gasteiger partial charge in [-0.3, -0.25) is 4.79 Å². The summed E-state index contributed by atoms with van der Waals surface area (Å²) in [5.41, 5.74) is 2.21. The quantitative estimate of drug-likeness (QED) is 0.649. The average molecular weight is 395 g/mol. The molecule has 3 aromatic rings. The molecule has 4 rings (SSSR count). The molecule has 7 heteroatoms. The van der Waals surface area contributed by atoms with Gasteiger partial charge in [0, 0.05) is 12.0 Å². The number of aromatic nitrogens is 3. The first-order valence-corrected chi connectivity index (χ1v) is 10.3. The highest BCUT2D eigenvalue weighted by atomic mass is 32.2. The van der Waals surface area contributed by atoms with Crippen LogP contribution in [0.5, 0.6) is 5.75 Å². The number of nitrogens with zero attached hydrogens (tertiary/aromatic N) is 3. The van der Waals surface area contributed by atoms with Crippen molar-refractivity contribution >= 4 is 17.7 Å². The van der Waals surface area contributed by atoms with Crippen LogP contribution < -0.4 is 10.1 Å². The summed E-state index contributed by atoms with van der Waals surface area (Å²) in [5.74, 6) is 1.97. The maximum Gasteiger partial charge on any atom is 0.230 e. The van der Waals surface area contributed by atoms with Gasteiger partial charge in [-0.15, -0.1) is 10.2 Å². The number of nitrogens with one attached hydrogen (secondary N) is 1. The highest BCUT2D eigenvalue weighted by molar-refractivity contribution is 7.99. The number of carbonyl (C=O) groups excluding carboxylic acids is 1. The first-order valence-electron chi connectivity index (χ1n) is 9.28. The Kier molecular flexibility index (Phi) is 5.62. The van der Waals surface area contributed by atoms with Gasteiger partial charge in [0.1, 0.15) is 11.6 Å². The molecule has 0 aliphatic carbocycles. The van der Waals surface area contributed by atoms with E-state index in [-0.39, 0.29) is 11.9 Å². The van der Waals surface area contributed by atoms with Gasteiger partial charge in [-0.05, 0) is 18.6 Å². The van der Waals surface area contributed by atoms with Crippen LogP contribution in [0.1, 0.15) is 29.4 Å². The van der Waals surface area contributed by atoms with E-state index in [0.717, 1.165) is 28.7 Å². The van der Waals surface area contributed by atoms with E-state index in [1.807, 2.05) is 54.0 Å². The van der Waals surface area contributed by atoms with Crippen molar-refractivity contribution in [2.75, 3.05) is 12.4 Å². The smallest absolute Gasteiger partial charge is 0.230 e. The molecule has 2 heterocycles. The van der Waals surface area contributed by atoms with Gasteiger partial charge in [0.25, 0.3) is 0 Å². The number of fused-ring (bicyclic) bond motifs is 1. The maximum absolute atomic E-state index is 12.5. The van der Waals surface area contributed by atoms with Gasteiger partial charge in [-0.2, -0.15) is 0 Å². The van der Waals surface area contributed by atoms with Gasteiger partial charge in [0.2, 0.25) is 5.91 Å². The normalized spacial score (nSPS) is 15.5. The number of hydrogen-bond donors (Lipinski definition) is 1. The van der Waals surface area contributed by atoms with Crippen molar-refractivity contribution in [3.8, 4) is 5.75 Å². The van der Waals surface area contributed by atoms with Crippen LogP contribution >= 0.6 is 11.8 Å². The predicted molar refractivity (Wildman–Crippen MR) is 108 cm³/mol. The van der Waals surface area contributed by atoms with Gasteiger partial charge in [-0.1, -0.05) is 60.3 Å². The van der Waals surface area contributed by atoms with Gasteiger partial charge in [-0.25, -0.2) is 0 Å². The largest absolute Gasteiger partial charge is 0.493 e. The summed E-state index contributed by atoms with van der Waals surface area (Å²) in [6.07, 6.45) is 0.775. The zero-order valence-corrected chi connectivity index (χ0v) is 16.5. The Labute approximate surface area is 168 Å². The molecule has 28 heavy (non-hydrogen) atoms. The van der Waals surface area contributed by atoms with E-state index in [4.69, 9.17) is 4.74 Å². The Bertz CT molecular complexity index is 958. The fourth-order valence-corrected chi connectivity index (χ4v) is 4.07. The molecular formula is C21H22N4O2S. The molecule has 144 valence electrons. The van der Waals surface area contributed by atoms with Crippen molar-refractivity contribution in [1.29, 1.82) is 0 Å². The van der Waals surface area contributed by atoms with Crippen LogP contribution in [0, 0.1) is 6.92 Å². The number of hydrogen-bond acceptors (Lipinski definition) is 5. The van der Waals surface area contributed by atoms with Crippen LogP contribution in [0.25, 0.3) is 0 Å². The molecular weight excluding hydrogens is 372 g/mol. The summed E-state index contributed by atoms with van der Waals surface area (Å²) < 4.78 is 7.70. The molecule has 1 aromatic heterocycles. The van der Waals surface area contributed by atoms with E-state index in [1.54, 1.807) is 0 Å². The van der Waals surface area contributed by atoms with E-state index in [1.165, 1.54) is 17.3 Å². The van der Waals surface area contributed by atoms with E-state index >= 15 is 0 Å². The molecule has 0 fully saturated rings. The van der Waals surface area contributed by atoms with Crippen molar-refractivity contribution in [3.05, 3.63) is 71.5 Å². The van der Waals surface area contributed by atoms with Gasteiger partial charge in [0.05, 0.1) is 24.9 Å². The van der Waals surface area contributed by atoms with Crippen molar-refractivity contribution in [2.45, 2.75) is 31.1 Å². The maximum atomic E-state index is 12.5. The first-order chi connectivity index (χ1) is 13.7. The second-order valence-corrected chi connectivity index (χ2v) is 7.63. The number of aryl methyl sites for hydroxylation is 1. The third-order valence-electron chi connectivity index (χ3n) is 4.71. The predicted octanol–water partition coefficient (Wildman–Crippen LogP) is 3.37. The Morgan fingerprint density at radius 1 is 1.18 bits per heavy atom. The molecule has 1 unspecified atom stereocenters. The lowest BCUT2D eigenvalue weighted by Gasteiger charge is -2.26. The summed E-state index contributed by atoms with van der Waals surface area (Å²) in [6.45, 7) is 3.23. The average Bonchev–Trinajstić information content (AvgIpc) is 3.07. The van der Waals surface area contributed by atoms with E-state index in [9.17, 15) is 4.79 Å². The van der Waals surface area contributed by atoms with Crippen LogP contribution in [-0.2, 0) is 11.3 Å². The minimum Gasteiger partial charge on any atom is -0.493 e. The number of para-hydroxylation sites is 1. The SMILES string of the molecule is Cc1nnc(SCC(=O)NC2CCOc3ccccc32)n1Cc1ccccc1. The highest BCUT2D eigenvalue weighted by Gasteiger charge is 2.23. The number of amides is 1. The fourth-order valence-electron chi connectivity index (χ4n) is 3.27. The Morgan fingerprint density at radius 3 is 2.82 bits per heavy atom. The van der Waals surface area contributed by atoms with Crippen LogP contribution in [0.15, 0.2) is 59.8 Å². The molecule has 0 saturated carbocycles. The third kappa shape index (κ3) is 4.20. The first kappa shape index (κ1) is 18.6. The molecule has 0 saturated heterocycles. The molecule has 1 atom stereocenters. The Morgan fingerprint density at radius 2 is 1.96 bits per heavy atom. The molecule has 1 aliphatic rings. The zero-order valence-electron chi connectivity index (χ0n) is 15.7. The minimum absolute atomic E-state index is 0.0121. The van der Waals surface area contributed by atoms with Gasteiger partial charge < -0.3 is 14.6 Å². The topological polar surface area (TPSA) is 69.0 Å². The monoisotopic (exact) mass is 394 g/mol. The van der Waals surface area contributed by atoms with Crippen molar-refractivity contribution in [1.82, 2.24) is 20.1 Å². The van der Waals surface area contributed by atoms with E-state index in [2.05, 4.69) is 27.6 Å². The summed E-state index contributed by atoms with van der Waals surface area (Å²) in [7, 11) is 0. The zero-order chi connectivity index (χ0) is 19.3. The lowest BCUT2D eigenvalue weighted by Crippen LogP contribution is -2.33. The fraction of sp³-hybridized carbons (Fsp3) is 0.286. The molecule has 1 N–H and O–H groups in total.